The molecule has 0 fully saturated rings. The van der Waals surface area contributed by atoms with Crippen LogP contribution in [0.25, 0.3) is 0 Å². The smallest absolute Gasteiger partial charge is 0.256 e. The molecule has 0 saturated heterocycles. The van der Waals surface area contributed by atoms with Gasteiger partial charge in [-0.3, -0.25) is 13.3 Å². The summed E-state index contributed by atoms with van der Waals surface area (Å²) in [5.41, 5.74) is 1.93. The van der Waals surface area contributed by atoms with Gasteiger partial charge in [0.15, 0.2) is 0 Å². The zero-order valence-corrected chi connectivity index (χ0v) is 24.5. The first kappa shape index (κ1) is 32.2. The van der Waals surface area contributed by atoms with Crippen LogP contribution < -0.4 is 29.9 Å². The Morgan fingerprint density at radius 1 is 1.10 bits per heavy atom. The van der Waals surface area contributed by atoms with Gasteiger partial charge >= 0.3 is 0 Å². The molecule has 2 aromatic carbocycles. The number of benzene rings is 2. The number of carbonyl (C=O) groups excluding carboxylic acids is 1. The summed E-state index contributed by atoms with van der Waals surface area (Å²) in [6.07, 6.45) is -0.248. The highest BCUT2D eigenvalue weighted by atomic mass is 32.2. The molecule has 3 aromatic rings. The summed E-state index contributed by atoms with van der Waals surface area (Å²) < 4.78 is 55.7. The molecule has 0 aliphatic rings. The Labute approximate surface area is 245 Å². The summed E-state index contributed by atoms with van der Waals surface area (Å²) in [6, 6.07) is 11.1. The van der Waals surface area contributed by atoms with E-state index >= 15 is 0 Å². The molecule has 3 rings (SSSR count). The zero-order chi connectivity index (χ0) is 30.8. The fourth-order valence-corrected chi connectivity index (χ4v) is 4.37. The number of hydrogen-bond donors (Lipinski definition) is 3. The maximum atomic E-state index is 13.1. The van der Waals surface area contributed by atoms with Crippen LogP contribution in [0.5, 0.6) is 5.75 Å². The minimum atomic E-state index is -2.93. The first-order valence-corrected chi connectivity index (χ1v) is 13.7. The van der Waals surface area contributed by atoms with Gasteiger partial charge < -0.3 is 35.0 Å². The van der Waals surface area contributed by atoms with Crippen molar-refractivity contribution in [1.29, 1.82) is 0 Å². The van der Waals surface area contributed by atoms with E-state index in [2.05, 4.69) is 32.5 Å². The maximum absolute atomic E-state index is 13.1. The van der Waals surface area contributed by atoms with Gasteiger partial charge in [0.2, 0.25) is 11.9 Å². The number of nitrogens with zero attached hydrogens (tertiary/aromatic N) is 5. The molecule has 1 atom stereocenters. The van der Waals surface area contributed by atoms with Gasteiger partial charge in [-0.05, 0) is 44.4 Å². The zero-order valence-electron chi connectivity index (χ0n) is 23.6. The predicted molar refractivity (Wildman–Crippen MR) is 161 cm³/mol. The number of carbonyl (C=O) groups is 1. The number of amides is 1. The molecule has 0 bridgehead atoms. The number of rotatable bonds is 15. The summed E-state index contributed by atoms with van der Waals surface area (Å²) in [5.74, 6) is 0.454. The number of halogens is 2. The van der Waals surface area contributed by atoms with E-state index in [0.717, 1.165) is 6.54 Å². The lowest BCUT2D eigenvalue weighted by Gasteiger charge is -2.28. The SMILES string of the molecule is C=CC(=O)Nc1cc(Nc2nccc(Nc3ccccc3N(CC(F)F)S(=O)[O-])n2)c(OC)cc1N(C)CCN(C)C. The van der Waals surface area contributed by atoms with E-state index in [-0.39, 0.29) is 23.1 Å². The minimum absolute atomic E-state index is 0.0255. The van der Waals surface area contributed by atoms with E-state index in [1.54, 1.807) is 24.3 Å². The van der Waals surface area contributed by atoms with E-state index in [1.165, 1.54) is 37.6 Å². The number of alkyl halides is 2. The number of hydrogen-bond acceptors (Lipinski definition) is 10. The summed E-state index contributed by atoms with van der Waals surface area (Å²) in [4.78, 5) is 24.9. The Bertz CT molecular complexity index is 1410. The lowest BCUT2D eigenvalue weighted by molar-refractivity contribution is -0.111. The highest BCUT2D eigenvalue weighted by molar-refractivity contribution is 7.80. The molecule has 1 unspecified atom stereocenters. The molecule has 1 amide bonds. The normalized spacial score (nSPS) is 11.6. The van der Waals surface area contributed by atoms with Crippen LogP contribution in [0.3, 0.4) is 0 Å². The highest BCUT2D eigenvalue weighted by Gasteiger charge is 2.19. The molecule has 1 aromatic heterocycles. The summed E-state index contributed by atoms with van der Waals surface area (Å²) in [6.45, 7) is 3.97. The standard InChI is InChI=1S/C27H34F2N8O4S/c1-6-26(38)32-19-15-20(23(41-5)16-22(19)36(4)14-13-35(2)3)33-27-30-12-11-25(34-27)31-18-9-7-8-10-21(18)37(42(39)40)17-24(28)29/h6-12,15-16,24H,1,13-14,17H2,2-5H3,(H,32,38)(H,39,40)(H2,30,31,33,34)/p-1. The van der Waals surface area contributed by atoms with E-state index < -0.39 is 30.1 Å². The average Bonchev–Trinajstić information content (AvgIpc) is 2.95. The van der Waals surface area contributed by atoms with Gasteiger partial charge in [-0.2, -0.15) is 4.98 Å². The van der Waals surface area contributed by atoms with Crippen molar-refractivity contribution < 1.29 is 27.1 Å². The van der Waals surface area contributed by atoms with Crippen LogP contribution in [-0.2, 0) is 16.1 Å². The number of likely N-dealkylation sites (N-methyl/N-ethyl adjacent to an activating group) is 2. The van der Waals surface area contributed by atoms with Gasteiger partial charge in [0.05, 0.1) is 42.1 Å². The summed E-state index contributed by atoms with van der Waals surface area (Å²) in [5, 5.41) is 8.87. The molecule has 15 heteroatoms. The topological polar surface area (TPSA) is 138 Å². The van der Waals surface area contributed by atoms with Gasteiger partial charge in [0.25, 0.3) is 6.43 Å². The van der Waals surface area contributed by atoms with E-state index in [9.17, 15) is 22.3 Å². The van der Waals surface area contributed by atoms with Crippen molar-refractivity contribution in [3.63, 3.8) is 0 Å². The maximum Gasteiger partial charge on any atom is 0.256 e. The Morgan fingerprint density at radius 2 is 1.83 bits per heavy atom. The number of methoxy groups -OCH3 is 1. The second-order valence-corrected chi connectivity index (χ2v) is 10.1. The molecule has 3 N–H and O–H groups in total. The predicted octanol–water partition coefficient (Wildman–Crippen LogP) is 3.96. The number of nitrogens with one attached hydrogen (secondary N) is 3. The molecular formula is C27H33F2N8O4S-. The van der Waals surface area contributed by atoms with Crippen molar-refractivity contribution in [3.05, 3.63) is 61.3 Å². The summed E-state index contributed by atoms with van der Waals surface area (Å²) >= 11 is -2.93. The van der Waals surface area contributed by atoms with Gasteiger partial charge in [-0.25, -0.2) is 13.8 Å². The average molecular weight is 604 g/mol. The Hall–Kier alpha value is -4.34. The third-order valence-corrected chi connectivity index (χ3v) is 6.58. The van der Waals surface area contributed by atoms with Crippen LogP contribution in [-0.4, -0.2) is 83.8 Å². The second-order valence-electron chi connectivity index (χ2n) is 9.19. The van der Waals surface area contributed by atoms with E-state index in [0.29, 0.717) is 33.7 Å². The monoisotopic (exact) mass is 603 g/mol. The largest absolute Gasteiger partial charge is 0.755 e. The first-order chi connectivity index (χ1) is 20.0. The van der Waals surface area contributed by atoms with Crippen molar-refractivity contribution in [1.82, 2.24) is 14.9 Å². The van der Waals surface area contributed by atoms with Crippen LogP contribution in [0.2, 0.25) is 0 Å². The molecular weight excluding hydrogens is 570 g/mol. The quantitative estimate of drug-likeness (QED) is 0.173. The van der Waals surface area contributed by atoms with Crippen molar-refractivity contribution in [2.45, 2.75) is 6.43 Å². The first-order valence-electron chi connectivity index (χ1n) is 12.6. The fourth-order valence-electron chi connectivity index (χ4n) is 3.81. The third-order valence-electron chi connectivity index (χ3n) is 5.88. The second kappa shape index (κ2) is 15.0. The Balaban J connectivity index is 1.94. The Morgan fingerprint density at radius 3 is 2.48 bits per heavy atom. The minimum Gasteiger partial charge on any atom is -0.755 e. The van der Waals surface area contributed by atoms with Crippen LogP contribution in [0, 0.1) is 0 Å². The van der Waals surface area contributed by atoms with Crippen molar-refractivity contribution >= 4 is 57.4 Å². The van der Waals surface area contributed by atoms with Gasteiger partial charge in [0, 0.05) is 43.7 Å². The Kier molecular flexibility index (Phi) is 11.5. The fraction of sp³-hybridized carbons (Fsp3) is 0.296. The molecule has 226 valence electrons. The molecule has 12 nitrogen and oxygen atoms in total. The van der Waals surface area contributed by atoms with Crippen molar-refractivity contribution in [3.8, 4) is 5.75 Å². The van der Waals surface area contributed by atoms with E-state index in [1.807, 2.05) is 30.9 Å². The van der Waals surface area contributed by atoms with Crippen molar-refractivity contribution in [2.75, 3.05) is 73.0 Å². The molecule has 1 heterocycles. The van der Waals surface area contributed by atoms with Crippen molar-refractivity contribution in [2.24, 2.45) is 0 Å². The van der Waals surface area contributed by atoms with Crippen LogP contribution in [0.15, 0.2) is 61.3 Å². The molecule has 42 heavy (non-hydrogen) atoms. The number of anilines is 7. The highest BCUT2D eigenvalue weighted by Crippen LogP contribution is 2.38. The number of ether oxygens (including phenoxy) is 1. The van der Waals surface area contributed by atoms with Crippen LogP contribution in [0.1, 0.15) is 0 Å². The van der Waals surface area contributed by atoms with Gasteiger partial charge in [-0.15, -0.1) is 0 Å². The number of aromatic nitrogens is 2. The van der Waals surface area contributed by atoms with Gasteiger partial charge in [-0.1, -0.05) is 18.7 Å². The van der Waals surface area contributed by atoms with Crippen LogP contribution in [0.4, 0.5) is 49.0 Å². The molecule has 0 aliphatic heterocycles. The molecule has 0 radical (unpaired) electrons. The molecule has 0 spiro atoms. The third kappa shape index (κ3) is 8.83. The summed E-state index contributed by atoms with van der Waals surface area (Å²) in [7, 11) is 7.34. The lowest BCUT2D eigenvalue weighted by atomic mass is 10.2. The number of para-hydroxylation sites is 2. The molecule has 0 saturated carbocycles. The van der Waals surface area contributed by atoms with Crippen LogP contribution >= 0.6 is 0 Å². The lowest BCUT2D eigenvalue weighted by Crippen LogP contribution is -2.31. The van der Waals surface area contributed by atoms with Gasteiger partial charge in [0.1, 0.15) is 11.6 Å². The van der Waals surface area contributed by atoms with E-state index in [4.69, 9.17) is 4.74 Å². The molecule has 0 aliphatic carbocycles.